The maximum absolute atomic E-state index is 14.8. The van der Waals surface area contributed by atoms with Crippen molar-refractivity contribution in [2.24, 2.45) is 11.3 Å². The molecule has 4 aromatic rings. The van der Waals surface area contributed by atoms with Crippen LogP contribution < -0.4 is 14.8 Å². The normalized spacial score (nSPS) is 25.3. The van der Waals surface area contributed by atoms with Crippen LogP contribution >= 0.6 is 11.3 Å². The summed E-state index contributed by atoms with van der Waals surface area (Å²) in [6, 6.07) is 6.78. The highest BCUT2D eigenvalue weighted by atomic mass is 32.2. The summed E-state index contributed by atoms with van der Waals surface area (Å²) >= 11 is 1.24. The van der Waals surface area contributed by atoms with Gasteiger partial charge in [-0.1, -0.05) is 37.1 Å². The van der Waals surface area contributed by atoms with Crippen LogP contribution in [0.1, 0.15) is 112 Å². The fraction of sp³-hybridized carbons (Fsp3) is 0.532. The first-order valence-electron chi connectivity index (χ1n) is 22.3. The minimum atomic E-state index is -4.00. The summed E-state index contributed by atoms with van der Waals surface area (Å²) in [4.78, 5) is 67.9. The standard InChI is InChI=1S/C47H56F2N6O8S2/c1-27(2)55-36-16-12-14-33(35-26-64-40(50-35)28-19-30(48)21-31(49)20-28)39(36)52-43(55)62-32-22-37-38(56)24-47(42(58)53-65(60,61)46(6)17-18-46)23-29(47)13-10-8-7-9-11-15-34(41(57)54(37)25-32)51-44(59)63-45(3,4)5/h10,12-14,16,19-21,26-27,29,32,34,37H,7-9,11,15,17-18,22-25H2,1-6H3,(H,51,59)(H,53,58)/b13-10-/t29-,32-,34+,37+,47-/m1/s1. The van der Waals surface area contributed by atoms with Crippen LogP contribution in [0.5, 0.6) is 6.01 Å². The molecule has 2 aromatic heterocycles. The molecule has 18 heteroatoms. The molecule has 0 spiro atoms. The third kappa shape index (κ3) is 9.70. The Morgan fingerprint density at radius 2 is 1.77 bits per heavy atom. The van der Waals surface area contributed by atoms with Crippen LogP contribution in [0.25, 0.3) is 32.9 Å². The number of ketones is 1. The van der Waals surface area contributed by atoms with E-state index in [0.29, 0.717) is 53.0 Å². The Morgan fingerprint density at radius 3 is 2.46 bits per heavy atom. The van der Waals surface area contributed by atoms with Gasteiger partial charge in [0.1, 0.15) is 39.9 Å². The second-order valence-corrected chi connectivity index (χ2v) is 22.5. The van der Waals surface area contributed by atoms with Gasteiger partial charge in [-0.15, -0.1) is 11.3 Å². The third-order valence-corrected chi connectivity index (χ3v) is 16.0. The van der Waals surface area contributed by atoms with Crippen molar-refractivity contribution in [2.45, 2.75) is 140 Å². The van der Waals surface area contributed by atoms with Gasteiger partial charge in [-0.3, -0.25) is 23.7 Å². The number of alkyl carbamates (subject to hydrolysis) is 1. The van der Waals surface area contributed by atoms with E-state index < -0.39 is 79.3 Å². The van der Waals surface area contributed by atoms with Gasteiger partial charge < -0.3 is 19.7 Å². The molecular weight excluding hydrogens is 879 g/mol. The van der Waals surface area contributed by atoms with Crippen molar-refractivity contribution in [3.05, 3.63) is 65.6 Å². The van der Waals surface area contributed by atoms with Gasteiger partial charge in [-0.25, -0.2) is 27.0 Å². The average Bonchev–Trinajstić information content (AvgIpc) is 3.89. The zero-order valence-electron chi connectivity index (χ0n) is 37.5. The molecule has 348 valence electrons. The van der Waals surface area contributed by atoms with Crippen molar-refractivity contribution in [1.82, 2.24) is 29.5 Å². The van der Waals surface area contributed by atoms with E-state index in [-0.39, 0.29) is 50.2 Å². The lowest BCUT2D eigenvalue weighted by Crippen LogP contribution is -2.53. The third-order valence-electron chi connectivity index (χ3n) is 12.9. The Labute approximate surface area is 381 Å². The van der Waals surface area contributed by atoms with Gasteiger partial charge in [0, 0.05) is 41.5 Å². The summed E-state index contributed by atoms with van der Waals surface area (Å²) in [5.74, 6) is -3.44. The summed E-state index contributed by atoms with van der Waals surface area (Å²) < 4.78 is 70.3. The fourth-order valence-electron chi connectivity index (χ4n) is 8.98. The Bertz CT molecular complexity index is 2650. The Kier molecular flexibility index (Phi) is 12.5. The number of benzene rings is 2. The minimum Gasteiger partial charge on any atom is -0.459 e. The van der Waals surface area contributed by atoms with Crippen LogP contribution in [-0.2, 0) is 29.1 Å². The molecule has 2 N–H and O–H groups in total. The number of sulfonamides is 1. The molecular formula is C47H56F2N6O8S2. The van der Waals surface area contributed by atoms with Crippen LogP contribution in [0.3, 0.4) is 0 Å². The summed E-state index contributed by atoms with van der Waals surface area (Å²) in [6.07, 6.45) is 6.29. The predicted octanol–water partition coefficient (Wildman–Crippen LogP) is 8.41. The topological polar surface area (TPSA) is 179 Å². The van der Waals surface area contributed by atoms with Gasteiger partial charge in [-0.05, 0) is 104 Å². The highest BCUT2D eigenvalue weighted by Gasteiger charge is 2.62. The monoisotopic (exact) mass is 934 g/mol. The zero-order valence-corrected chi connectivity index (χ0v) is 39.1. The molecule has 2 saturated carbocycles. The summed E-state index contributed by atoms with van der Waals surface area (Å²) in [6.45, 7) is 10.6. The molecule has 3 amide bonds. The number of ether oxygens (including phenoxy) is 2. The summed E-state index contributed by atoms with van der Waals surface area (Å²) in [5.41, 5.74) is 0.602. The molecule has 5 atom stereocenters. The number of amides is 3. The second kappa shape index (κ2) is 17.5. The van der Waals surface area contributed by atoms with E-state index in [9.17, 15) is 36.4 Å². The maximum atomic E-state index is 14.8. The van der Waals surface area contributed by atoms with Crippen LogP contribution in [0, 0.1) is 23.0 Å². The number of rotatable bonds is 9. The van der Waals surface area contributed by atoms with Gasteiger partial charge in [0.15, 0.2) is 5.78 Å². The Hall–Kier alpha value is -5.23. The van der Waals surface area contributed by atoms with Crippen LogP contribution in [-0.4, -0.2) is 86.6 Å². The number of nitrogens with one attached hydrogen (secondary N) is 2. The molecule has 4 heterocycles. The van der Waals surface area contributed by atoms with E-state index in [4.69, 9.17) is 19.4 Å². The number of fused-ring (bicyclic) bond motifs is 3. The molecule has 0 unspecified atom stereocenters. The lowest BCUT2D eigenvalue weighted by molar-refractivity contribution is -0.140. The highest BCUT2D eigenvalue weighted by Crippen LogP contribution is 2.57. The highest BCUT2D eigenvalue weighted by molar-refractivity contribution is 7.91. The molecule has 2 aliphatic carbocycles. The van der Waals surface area contributed by atoms with E-state index in [2.05, 4.69) is 10.0 Å². The van der Waals surface area contributed by atoms with Crippen molar-refractivity contribution in [3.8, 4) is 27.8 Å². The molecule has 8 rings (SSSR count). The molecule has 65 heavy (non-hydrogen) atoms. The first-order chi connectivity index (χ1) is 30.7. The second-order valence-electron chi connectivity index (χ2n) is 19.5. The van der Waals surface area contributed by atoms with Gasteiger partial charge >= 0.3 is 6.09 Å². The largest absolute Gasteiger partial charge is 0.459 e. The SMILES string of the molecule is CC(C)n1c(O[C@@H]2C[C@H]3C(=O)C[C@]4(C(=O)NS(=O)(=O)C5(C)CC5)C[C@H]4/C=C\CCCCC[C@H](NC(=O)OC(C)(C)C)C(=O)N3C2)nc2c(-c3csc(-c4cc(F)cc(F)c4)n3)cccc21. The van der Waals surface area contributed by atoms with E-state index in [1.165, 1.54) is 28.4 Å². The van der Waals surface area contributed by atoms with Gasteiger partial charge in [0.05, 0.1) is 34.0 Å². The summed E-state index contributed by atoms with van der Waals surface area (Å²) in [5, 5.41) is 4.98. The van der Waals surface area contributed by atoms with Gasteiger partial charge in [-0.2, -0.15) is 4.98 Å². The maximum Gasteiger partial charge on any atom is 0.408 e. The smallest absolute Gasteiger partial charge is 0.408 e. The number of thiazole rings is 1. The van der Waals surface area contributed by atoms with Crippen LogP contribution in [0.2, 0.25) is 0 Å². The van der Waals surface area contributed by atoms with E-state index in [1.54, 1.807) is 33.1 Å². The number of para-hydroxylation sites is 1. The lowest BCUT2D eigenvalue weighted by Gasteiger charge is -2.30. The molecule has 0 bridgehead atoms. The van der Waals surface area contributed by atoms with Gasteiger partial charge in [0.25, 0.3) is 6.01 Å². The number of carbonyl (C=O) groups excluding carboxylic acids is 4. The number of hydrogen-bond acceptors (Lipinski definition) is 11. The van der Waals surface area contributed by atoms with Crippen molar-refractivity contribution in [3.63, 3.8) is 0 Å². The molecule has 2 aromatic carbocycles. The van der Waals surface area contributed by atoms with Crippen LogP contribution in [0.15, 0.2) is 53.9 Å². The molecule has 3 fully saturated rings. The lowest BCUT2D eigenvalue weighted by atomic mass is 9.91. The van der Waals surface area contributed by atoms with Crippen LogP contribution in [0.4, 0.5) is 13.6 Å². The Balaban J connectivity index is 1.12. The summed E-state index contributed by atoms with van der Waals surface area (Å²) in [7, 11) is -4.00. The van der Waals surface area contributed by atoms with Crippen molar-refractivity contribution < 1.29 is 45.9 Å². The Morgan fingerprint density at radius 1 is 1.03 bits per heavy atom. The van der Waals surface area contributed by atoms with E-state index in [0.717, 1.165) is 24.4 Å². The quantitative estimate of drug-likeness (QED) is 0.155. The number of aromatic nitrogens is 3. The van der Waals surface area contributed by atoms with Gasteiger partial charge in [0.2, 0.25) is 21.8 Å². The molecule has 0 radical (unpaired) electrons. The molecule has 1 saturated heterocycles. The number of hydrogen-bond donors (Lipinski definition) is 2. The van der Waals surface area contributed by atoms with Crippen molar-refractivity contribution in [1.29, 1.82) is 0 Å². The molecule has 4 aliphatic rings. The average molecular weight is 935 g/mol. The van der Waals surface area contributed by atoms with E-state index in [1.807, 2.05) is 48.8 Å². The fourth-order valence-corrected chi connectivity index (χ4v) is 11.1. The van der Waals surface area contributed by atoms with Crippen molar-refractivity contribution >= 4 is 56.1 Å². The number of nitrogens with zero attached hydrogens (tertiary/aromatic N) is 4. The molecule has 2 aliphatic heterocycles. The van der Waals surface area contributed by atoms with Crippen molar-refractivity contribution in [2.75, 3.05) is 6.54 Å². The predicted molar refractivity (Wildman–Crippen MR) is 241 cm³/mol. The first-order valence-corrected chi connectivity index (χ1v) is 24.7. The number of allylic oxidation sites excluding steroid dienone is 2. The number of Topliss-reactive ketones (excluding diaryl/α,β-unsaturated/α-hetero) is 1. The number of imidazole rings is 1. The van der Waals surface area contributed by atoms with E-state index >= 15 is 0 Å². The number of carbonyl (C=O) groups is 4. The number of halogens is 2. The zero-order chi connectivity index (χ0) is 46.6. The molecule has 14 nitrogen and oxygen atoms in total. The minimum absolute atomic E-state index is 0.0338. The first kappa shape index (κ1) is 46.3.